The number of nitrogens with one attached hydrogen (secondary N) is 1. The fourth-order valence-corrected chi connectivity index (χ4v) is 3.46. The zero-order valence-corrected chi connectivity index (χ0v) is 15.7. The zero-order valence-electron chi connectivity index (χ0n) is 14.9. The van der Waals surface area contributed by atoms with E-state index in [9.17, 15) is 13.2 Å². The maximum Gasteiger partial charge on any atom is 0.243 e. The SMILES string of the molecule is C[C@H](NC(=O)[C@@H](C)n1cnc2ccccc21)c1ccc(S(C)(=O)=O)cc1. The first-order valence-corrected chi connectivity index (χ1v) is 10.2. The Balaban J connectivity index is 1.74. The van der Waals surface area contributed by atoms with Crippen molar-refractivity contribution in [3.05, 3.63) is 60.4 Å². The van der Waals surface area contributed by atoms with Gasteiger partial charge in [0, 0.05) is 6.26 Å². The second-order valence-electron chi connectivity index (χ2n) is 6.39. The number of imidazole rings is 1. The molecule has 3 rings (SSSR count). The van der Waals surface area contributed by atoms with E-state index >= 15 is 0 Å². The molecule has 7 heteroatoms. The number of carbonyl (C=O) groups excluding carboxylic acids is 1. The molecule has 2 aromatic carbocycles. The Labute approximate surface area is 152 Å². The Kier molecular flexibility index (Phi) is 4.82. The van der Waals surface area contributed by atoms with Crippen molar-refractivity contribution in [1.29, 1.82) is 0 Å². The fourth-order valence-electron chi connectivity index (χ4n) is 2.83. The highest BCUT2D eigenvalue weighted by molar-refractivity contribution is 7.90. The van der Waals surface area contributed by atoms with Crippen LogP contribution in [-0.4, -0.2) is 30.1 Å². The van der Waals surface area contributed by atoms with Gasteiger partial charge in [-0.25, -0.2) is 13.4 Å². The standard InChI is InChI=1S/C19H21N3O3S/c1-13(15-8-10-16(11-9-15)26(3,24)25)21-19(23)14(2)22-12-20-17-6-4-5-7-18(17)22/h4-14H,1-3H3,(H,21,23)/t13-,14+/m0/s1. The molecule has 1 heterocycles. The van der Waals surface area contributed by atoms with Crippen LogP contribution in [0.25, 0.3) is 11.0 Å². The van der Waals surface area contributed by atoms with Gasteiger partial charge in [0.1, 0.15) is 6.04 Å². The molecule has 0 radical (unpaired) electrons. The van der Waals surface area contributed by atoms with Gasteiger partial charge in [-0.1, -0.05) is 24.3 Å². The average molecular weight is 371 g/mol. The summed E-state index contributed by atoms with van der Waals surface area (Å²) in [7, 11) is -3.23. The predicted octanol–water partition coefficient (Wildman–Crippen LogP) is 2.88. The van der Waals surface area contributed by atoms with E-state index in [0.29, 0.717) is 0 Å². The van der Waals surface area contributed by atoms with Crippen molar-refractivity contribution in [3.63, 3.8) is 0 Å². The second kappa shape index (κ2) is 6.92. The molecule has 1 aromatic heterocycles. The highest BCUT2D eigenvalue weighted by Gasteiger charge is 2.19. The van der Waals surface area contributed by atoms with E-state index in [1.807, 2.05) is 42.7 Å². The molecule has 136 valence electrons. The Morgan fingerprint density at radius 1 is 1.08 bits per heavy atom. The number of carbonyl (C=O) groups is 1. The van der Waals surface area contributed by atoms with E-state index in [0.717, 1.165) is 16.6 Å². The highest BCUT2D eigenvalue weighted by Crippen LogP contribution is 2.20. The van der Waals surface area contributed by atoms with E-state index in [1.165, 1.54) is 6.26 Å². The molecule has 0 bridgehead atoms. The average Bonchev–Trinajstić information content (AvgIpc) is 3.04. The molecule has 26 heavy (non-hydrogen) atoms. The molecule has 0 spiro atoms. The minimum atomic E-state index is -3.23. The summed E-state index contributed by atoms with van der Waals surface area (Å²) in [5, 5.41) is 2.97. The lowest BCUT2D eigenvalue weighted by Gasteiger charge is -2.19. The molecule has 0 saturated heterocycles. The Morgan fingerprint density at radius 3 is 2.38 bits per heavy atom. The summed E-state index contributed by atoms with van der Waals surface area (Å²) in [6, 6.07) is 13.6. The van der Waals surface area contributed by atoms with Crippen molar-refractivity contribution < 1.29 is 13.2 Å². The van der Waals surface area contributed by atoms with Crippen LogP contribution >= 0.6 is 0 Å². The van der Waals surface area contributed by atoms with Gasteiger partial charge in [0.2, 0.25) is 5.91 Å². The molecule has 1 N–H and O–H groups in total. The van der Waals surface area contributed by atoms with Crippen molar-refractivity contribution in [2.45, 2.75) is 30.8 Å². The zero-order chi connectivity index (χ0) is 18.9. The molecule has 0 saturated carbocycles. The highest BCUT2D eigenvalue weighted by atomic mass is 32.2. The van der Waals surface area contributed by atoms with Crippen molar-refractivity contribution >= 4 is 26.8 Å². The quantitative estimate of drug-likeness (QED) is 0.748. The summed E-state index contributed by atoms with van der Waals surface area (Å²) < 4.78 is 24.9. The molecular formula is C19H21N3O3S. The van der Waals surface area contributed by atoms with Crippen LogP contribution in [0.1, 0.15) is 31.5 Å². The number of rotatable bonds is 5. The molecule has 0 aliphatic carbocycles. The summed E-state index contributed by atoms with van der Waals surface area (Å²) in [6.07, 6.45) is 2.84. The third kappa shape index (κ3) is 3.62. The van der Waals surface area contributed by atoms with Crippen LogP contribution in [0, 0.1) is 0 Å². The van der Waals surface area contributed by atoms with E-state index in [-0.39, 0.29) is 16.8 Å². The third-order valence-electron chi connectivity index (χ3n) is 4.44. The van der Waals surface area contributed by atoms with Crippen LogP contribution in [0.2, 0.25) is 0 Å². The number of nitrogens with zero attached hydrogens (tertiary/aromatic N) is 2. The van der Waals surface area contributed by atoms with Gasteiger partial charge in [-0.3, -0.25) is 4.79 Å². The van der Waals surface area contributed by atoms with Gasteiger partial charge < -0.3 is 9.88 Å². The second-order valence-corrected chi connectivity index (χ2v) is 8.40. The number of amides is 1. The van der Waals surface area contributed by atoms with Crippen LogP contribution in [0.4, 0.5) is 0 Å². The van der Waals surface area contributed by atoms with Gasteiger partial charge in [-0.2, -0.15) is 0 Å². The van der Waals surface area contributed by atoms with E-state index in [2.05, 4.69) is 10.3 Å². The first kappa shape index (κ1) is 18.1. The fraction of sp³-hybridized carbons (Fsp3) is 0.263. The summed E-state index contributed by atoms with van der Waals surface area (Å²) in [6.45, 7) is 3.69. The molecule has 3 aromatic rings. The van der Waals surface area contributed by atoms with E-state index < -0.39 is 15.9 Å². The molecule has 1 amide bonds. The third-order valence-corrected chi connectivity index (χ3v) is 5.57. The number of benzene rings is 2. The van der Waals surface area contributed by atoms with Crippen LogP contribution in [-0.2, 0) is 14.6 Å². The van der Waals surface area contributed by atoms with Gasteiger partial charge in [0.05, 0.1) is 28.3 Å². The molecule has 0 aliphatic rings. The molecule has 6 nitrogen and oxygen atoms in total. The number of sulfone groups is 1. The van der Waals surface area contributed by atoms with Crippen LogP contribution in [0.15, 0.2) is 59.8 Å². The van der Waals surface area contributed by atoms with Gasteiger partial charge in [0.25, 0.3) is 0 Å². The lowest BCUT2D eigenvalue weighted by molar-refractivity contribution is -0.124. The number of para-hydroxylation sites is 2. The molecule has 0 fully saturated rings. The summed E-state index contributed by atoms with van der Waals surface area (Å²) in [5.74, 6) is -0.132. The first-order valence-electron chi connectivity index (χ1n) is 8.29. The predicted molar refractivity (Wildman–Crippen MR) is 101 cm³/mol. The monoisotopic (exact) mass is 371 g/mol. The van der Waals surface area contributed by atoms with E-state index in [1.54, 1.807) is 30.6 Å². The number of fused-ring (bicyclic) bond motifs is 1. The molecular weight excluding hydrogens is 350 g/mol. The van der Waals surface area contributed by atoms with Gasteiger partial charge in [-0.15, -0.1) is 0 Å². The van der Waals surface area contributed by atoms with Crippen LogP contribution < -0.4 is 5.32 Å². The Bertz CT molecular complexity index is 1040. The number of hydrogen-bond acceptors (Lipinski definition) is 4. The Hall–Kier alpha value is -2.67. The summed E-state index contributed by atoms with van der Waals surface area (Å²) >= 11 is 0. The van der Waals surface area contributed by atoms with Crippen LogP contribution in [0.5, 0.6) is 0 Å². The summed E-state index contributed by atoms with van der Waals surface area (Å²) in [4.78, 5) is 17.2. The molecule has 0 unspecified atom stereocenters. The van der Waals surface area contributed by atoms with Crippen molar-refractivity contribution in [2.24, 2.45) is 0 Å². The molecule has 0 aliphatic heterocycles. The summed E-state index contributed by atoms with van der Waals surface area (Å²) in [5.41, 5.74) is 2.59. The van der Waals surface area contributed by atoms with Gasteiger partial charge in [0.15, 0.2) is 9.84 Å². The minimum Gasteiger partial charge on any atom is -0.348 e. The minimum absolute atomic E-state index is 0.132. The Morgan fingerprint density at radius 2 is 1.73 bits per heavy atom. The number of aromatic nitrogens is 2. The smallest absolute Gasteiger partial charge is 0.243 e. The van der Waals surface area contributed by atoms with Gasteiger partial charge in [-0.05, 0) is 43.7 Å². The number of hydrogen-bond donors (Lipinski definition) is 1. The van der Waals surface area contributed by atoms with Gasteiger partial charge >= 0.3 is 0 Å². The first-order chi connectivity index (χ1) is 12.3. The lowest BCUT2D eigenvalue weighted by Crippen LogP contribution is -2.32. The largest absolute Gasteiger partial charge is 0.348 e. The maximum atomic E-state index is 12.6. The maximum absolute atomic E-state index is 12.6. The van der Waals surface area contributed by atoms with Crippen LogP contribution in [0.3, 0.4) is 0 Å². The van der Waals surface area contributed by atoms with Crippen molar-refractivity contribution in [3.8, 4) is 0 Å². The normalized spacial score (nSPS) is 14.1. The molecule has 2 atom stereocenters. The van der Waals surface area contributed by atoms with E-state index in [4.69, 9.17) is 0 Å². The van der Waals surface area contributed by atoms with Crippen molar-refractivity contribution in [1.82, 2.24) is 14.9 Å². The topological polar surface area (TPSA) is 81.1 Å². The lowest BCUT2D eigenvalue weighted by atomic mass is 10.1. The van der Waals surface area contributed by atoms with Crippen molar-refractivity contribution in [2.75, 3.05) is 6.26 Å².